The van der Waals surface area contributed by atoms with E-state index in [4.69, 9.17) is 21.1 Å². The topological polar surface area (TPSA) is 84.9 Å². The Morgan fingerprint density at radius 2 is 1.60 bits per heavy atom. The first-order chi connectivity index (χ1) is 14.4. The van der Waals surface area contributed by atoms with Gasteiger partial charge in [-0.25, -0.2) is 13.1 Å². The lowest BCUT2D eigenvalue weighted by Gasteiger charge is -2.37. The van der Waals surface area contributed by atoms with E-state index < -0.39 is 15.8 Å². The number of amides is 1. The molecule has 2 aromatic carbocycles. The van der Waals surface area contributed by atoms with Crippen LogP contribution in [0.2, 0.25) is 5.02 Å². The van der Waals surface area contributed by atoms with Gasteiger partial charge in [-0.1, -0.05) is 23.7 Å². The van der Waals surface area contributed by atoms with Crippen LogP contribution in [-0.2, 0) is 26.0 Å². The Bertz CT molecular complexity index is 993. The van der Waals surface area contributed by atoms with Crippen molar-refractivity contribution < 1.29 is 22.7 Å². The third-order valence-electron chi connectivity index (χ3n) is 5.42. The molecular weight excluding hydrogens is 428 g/mol. The Hall–Kier alpha value is -1.97. The number of nitrogens with zero attached hydrogens (tertiary/aromatic N) is 1. The Labute approximate surface area is 181 Å². The van der Waals surface area contributed by atoms with E-state index in [2.05, 4.69) is 4.72 Å². The predicted molar refractivity (Wildman–Crippen MR) is 112 cm³/mol. The van der Waals surface area contributed by atoms with Crippen LogP contribution in [0.25, 0.3) is 0 Å². The zero-order valence-electron chi connectivity index (χ0n) is 16.3. The van der Waals surface area contributed by atoms with Crippen LogP contribution in [0.5, 0.6) is 0 Å². The number of likely N-dealkylation sites (tertiary alicyclic amines) is 1. The van der Waals surface area contributed by atoms with Gasteiger partial charge in [0.25, 0.3) is 5.91 Å². The zero-order chi connectivity index (χ0) is 21.2. The molecule has 1 N–H and O–H groups in total. The number of benzene rings is 2. The van der Waals surface area contributed by atoms with Crippen LogP contribution >= 0.6 is 11.6 Å². The molecule has 30 heavy (non-hydrogen) atoms. The third kappa shape index (κ3) is 4.68. The Morgan fingerprint density at radius 3 is 2.20 bits per heavy atom. The number of hydrogen-bond donors (Lipinski definition) is 1. The number of carbonyl (C=O) groups is 1. The van der Waals surface area contributed by atoms with E-state index in [9.17, 15) is 13.2 Å². The minimum atomic E-state index is -3.64. The molecule has 160 valence electrons. The summed E-state index contributed by atoms with van der Waals surface area (Å²) >= 11 is 5.80. The van der Waals surface area contributed by atoms with Gasteiger partial charge < -0.3 is 14.4 Å². The first-order valence-corrected chi connectivity index (χ1v) is 11.6. The maximum Gasteiger partial charge on any atom is 0.253 e. The van der Waals surface area contributed by atoms with Crippen molar-refractivity contribution in [1.29, 1.82) is 0 Å². The molecule has 0 atom stereocenters. The fourth-order valence-electron chi connectivity index (χ4n) is 3.66. The van der Waals surface area contributed by atoms with Gasteiger partial charge in [0.1, 0.15) is 0 Å². The molecule has 0 bridgehead atoms. The molecule has 9 heteroatoms. The van der Waals surface area contributed by atoms with Crippen LogP contribution in [0, 0.1) is 0 Å². The van der Waals surface area contributed by atoms with Crippen molar-refractivity contribution in [2.24, 2.45) is 0 Å². The van der Waals surface area contributed by atoms with E-state index in [0.717, 1.165) is 5.56 Å². The Kier molecular flexibility index (Phi) is 6.13. The van der Waals surface area contributed by atoms with Crippen molar-refractivity contribution in [1.82, 2.24) is 9.62 Å². The smallest absolute Gasteiger partial charge is 0.253 e. The standard InChI is InChI=1S/C21H23ClN2O5S/c22-18-5-7-19(8-6-18)30(26,27)23-15-16-1-3-17(4-2-16)20(25)24-11-9-21(10-12-24)28-13-14-29-21/h1-8,23H,9-15H2. The summed E-state index contributed by atoms with van der Waals surface area (Å²) in [5.41, 5.74) is 1.33. The Balaban J connectivity index is 1.33. The van der Waals surface area contributed by atoms with Crippen LogP contribution in [0.3, 0.4) is 0 Å². The van der Waals surface area contributed by atoms with Gasteiger partial charge in [0.05, 0.1) is 18.1 Å². The molecule has 7 nitrogen and oxygen atoms in total. The number of sulfonamides is 1. The number of ether oxygens (including phenoxy) is 2. The highest BCUT2D eigenvalue weighted by Crippen LogP contribution is 2.31. The molecule has 2 aliphatic heterocycles. The fourth-order valence-corrected chi connectivity index (χ4v) is 4.80. The lowest BCUT2D eigenvalue weighted by Crippen LogP contribution is -2.47. The monoisotopic (exact) mass is 450 g/mol. The van der Waals surface area contributed by atoms with E-state index in [0.29, 0.717) is 49.7 Å². The van der Waals surface area contributed by atoms with E-state index in [1.807, 2.05) is 0 Å². The van der Waals surface area contributed by atoms with E-state index in [1.54, 1.807) is 29.2 Å². The maximum absolute atomic E-state index is 12.8. The van der Waals surface area contributed by atoms with Gasteiger partial charge in [-0.3, -0.25) is 4.79 Å². The molecule has 1 spiro atoms. The van der Waals surface area contributed by atoms with Crippen molar-refractivity contribution in [2.75, 3.05) is 26.3 Å². The van der Waals surface area contributed by atoms with E-state index in [-0.39, 0.29) is 17.3 Å². The summed E-state index contributed by atoms with van der Waals surface area (Å²) in [4.78, 5) is 14.7. The number of piperidine rings is 1. The fraction of sp³-hybridized carbons (Fsp3) is 0.381. The third-order valence-corrected chi connectivity index (χ3v) is 7.09. The van der Waals surface area contributed by atoms with Gasteiger partial charge in [-0.2, -0.15) is 0 Å². The van der Waals surface area contributed by atoms with Crippen molar-refractivity contribution in [3.05, 3.63) is 64.7 Å². The summed E-state index contributed by atoms with van der Waals surface area (Å²) in [6.07, 6.45) is 1.34. The van der Waals surface area contributed by atoms with Crippen molar-refractivity contribution in [2.45, 2.75) is 30.1 Å². The van der Waals surface area contributed by atoms with Gasteiger partial charge in [0, 0.05) is 43.1 Å². The molecular formula is C21H23ClN2O5S. The second kappa shape index (κ2) is 8.64. The van der Waals surface area contributed by atoms with Crippen molar-refractivity contribution >= 4 is 27.5 Å². The summed E-state index contributed by atoms with van der Waals surface area (Å²) in [7, 11) is -3.64. The lowest BCUT2D eigenvalue weighted by molar-refractivity contribution is -0.181. The predicted octanol–water partition coefficient (Wildman–Crippen LogP) is 2.80. The summed E-state index contributed by atoms with van der Waals surface area (Å²) in [5.74, 6) is -0.557. The summed E-state index contributed by atoms with van der Waals surface area (Å²) in [6.45, 7) is 2.51. The molecule has 4 rings (SSSR count). The van der Waals surface area contributed by atoms with Crippen LogP contribution in [-0.4, -0.2) is 51.3 Å². The van der Waals surface area contributed by atoms with Crippen molar-refractivity contribution in [3.63, 3.8) is 0 Å². The Morgan fingerprint density at radius 1 is 1.00 bits per heavy atom. The molecule has 0 radical (unpaired) electrons. The minimum Gasteiger partial charge on any atom is -0.347 e. The van der Waals surface area contributed by atoms with Gasteiger partial charge >= 0.3 is 0 Å². The highest BCUT2D eigenvalue weighted by molar-refractivity contribution is 7.89. The molecule has 0 saturated carbocycles. The van der Waals surface area contributed by atoms with Crippen LogP contribution < -0.4 is 4.72 Å². The maximum atomic E-state index is 12.8. The van der Waals surface area contributed by atoms with Crippen LogP contribution in [0.4, 0.5) is 0 Å². The second-order valence-electron chi connectivity index (χ2n) is 7.38. The van der Waals surface area contributed by atoms with Gasteiger partial charge in [-0.05, 0) is 42.0 Å². The molecule has 2 saturated heterocycles. The van der Waals surface area contributed by atoms with Crippen molar-refractivity contribution in [3.8, 4) is 0 Å². The SMILES string of the molecule is O=C(c1ccc(CNS(=O)(=O)c2ccc(Cl)cc2)cc1)N1CCC2(CC1)OCCO2. The molecule has 2 fully saturated rings. The number of carbonyl (C=O) groups excluding carboxylic acids is 1. The average molecular weight is 451 g/mol. The van der Waals surface area contributed by atoms with Gasteiger partial charge in [0.15, 0.2) is 5.79 Å². The number of nitrogens with one attached hydrogen (secondary N) is 1. The zero-order valence-corrected chi connectivity index (χ0v) is 17.9. The highest BCUT2D eigenvalue weighted by atomic mass is 35.5. The largest absolute Gasteiger partial charge is 0.347 e. The normalized spacial score (nSPS) is 18.6. The molecule has 0 aromatic heterocycles. The first kappa shape index (κ1) is 21.3. The number of rotatable bonds is 5. The highest BCUT2D eigenvalue weighted by Gasteiger charge is 2.40. The molecule has 2 aliphatic rings. The van der Waals surface area contributed by atoms with Gasteiger partial charge in [0.2, 0.25) is 10.0 Å². The first-order valence-electron chi connectivity index (χ1n) is 9.78. The van der Waals surface area contributed by atoms with Crippen LogP contribution in [0.1, 0.15) is 28.8 Å². The summed E-state index contributed by atoms with van der Waals surface area (Å²) in [6, 6.07) is 12.9. The molecule has 1 amide bonds. The molecule has 0 unspecified atom stereocenters. The van der Waals surface area contributed by atoms with E-state index in [1.165, 1.54) is 24.3 Å². The van der Waals surface area contributed by atoms with E-state index >= 15 is 0 Å². The summed E-state index contributed by atoms with van der Waals surface area (Å²) in [5, 5.41) is 0.473. The second-order valence-corrected chi connectivity index (χ2v) is 9.58. The molecule has 0 aliphatic carbocycles. The number of halogens is 1. The minimum absolute atomic E-state index is 0.0452. The molecule has 2 heterocycles. The van der Waals surface area contributed by atoms with Crippen LogP contribution in [0.15, 0.2) is 53.4 Å². The summed E-state index contributed by atoms with van der Waals surface area (Å²) < 4.78 is 38.7. The number of hydrogen-bond acceptors (Lipinski definition) is 5. The molecule has 2 aromatic rings. The lowest BCUT2D eigenvalue weighted by atomic mass is 10.0. The van der Waals surface area contributed by atoms with Gasteiger partial charge in [-0.15, -0.1) is 0 Å². The average Bonchev–Trinajstić information content (AvgIpc) is 3.21. The quantitative estimate of drug-likeness (QED) is 0.757.